The molecule has 2 aromatic rings. The lowest BCUT2D eigenvalue weighted by molar-refractivity contribution is -0.385. The van der Waals surface area contributed by atoms with Crippen molar-refractivity contribution in [2.75, 3.05) is 19.6 Å². The number of aryl methyl sites for hydroxylation is 1. The van der Waals surface area contributed by atoms with Crippen LogP contribution in [0.1, 0.15) is 17.2 Å². The van der Waals surface area contributed by atoms with Gasteiger partial charge in [-0.25, -0.2) is 8.42 Å². The van der Waals surface area contributed by atoms with Gasteiger partial charge in [-0.15, -0.1) is 12.4 Å². The molecule has 0 radical (unpaired) electrons. The van der Waals surface area contributed by atoms with E-state index in [9.17, 15) is 18.5 Å². The number of nitro groups is 1. The molecule has 2 aromatic carbocycles. The van der Waals surface area contributed by atoms with Crippen molar-refractivity contribution in [2.24, 2.45) is 0 Å². The molecule has 1 aliphatic heterocycles. The van der Waals surface area contributed by atoms with Gasteiger partial charge in [0.2, 0.25) is 10.0 Å². The molecule has 7 nitrogen and oxygen atoms in total. The van der Waals surface area contributed by atoms with E-state index in [1.165, 1.54) is 16.4 Å². The lowest BCUT2D eigenvalue weighted by Gasteiger charge is -2.36. The van der Waals surface area contributed by atoms with Gasteiger partial charge in [-0.1, -0.05) is 35.9 Å². The third-order valence-electron chi connectivity index (χ3n) is 4.43. The van der Waals surface area contributed by atoms with Gasteiger partial charge in [0.05, 0.1) is 15.9 Å². The second kappa shape index (κ2) is 8.53. The molecule has 10 heteroatoms. The number of benzene rings is 2. The first-order chi connectivity index (χ1) is 12.3. The summed E-state index contributed by atoms with van der Waals surface area (Å²) < 4.78 is 28.0. The molecule has 0 amide bonds. The monoisotopic (exact) mass is 431 g/mol. The summed E-state index contributed by atoms with van der Waals surface area (Å²) in [7, 11) is -3.93. The highest BCUT2D eigenvalue weighted by Crippen LogP contribution is 2.34. The third-order valence-corrected chi connectivity index (χ3v) is 6.82. The van der Waals surface area contributed by atoms with Crippen LogP contribution in [-0.4, -0.2) is 37.3 Å². The zero-order chi connectivity index (χ0) is 18.9. The van der Waals surface area contributed by atoms with Crippen molar-refractivity contribution >= 4 is 39.7 Å². The van der Waals surface area contributed by atoms with Crippen molar-refractivity contribution in [1.82, 2.24) is 9.62 Å². The third kappa shape index (κ3) is 4.25. The Morgan fingerprint density at radius 2 is 1.96 bits per heavy atom. The van der Waals surface area contributed by atoms with Crippen molar-refractivity contribution in [3.63, 3.8) is 0 Å². The van der Waals surface area contributed by atoms with E-state index in [0.29, 0.717) is 29.2 Å². The molecule has 1 N–H and O–H groups in total. The Bertz CT molecular complexity index is 953. The summed E-state index contributed by atoms with van der Waals surface area (Å²) in [6.45, 7) is 2.79. The molecule has 27 heavy (non-hydrogen) atoms. The first-order valence-corrected chi connectivity index (χ1v) is 9.86. The van der Waals surface area contributed by atoms with Crippen LogP contribution in [0.3, 0.4) is 0 Å². The molecule has 0 bridgehead atoms. The quantitative estimate of drug-likeness (QED) is 0.591. The minimum absolute atomic E-state index is 0. The molecule has 1 fully saturated rings. The predicted molar refractivity (Wildman–Crippen MR) is 106 cm³/mol. The van der Waals surface area contributed by atoms with Crippen molar-refractivity contribution in [3.8, 4) is 0 Å². The number of rotatable bonds is 4. The first kappa shape index (κ1) is 21.6. The highest BCUT2D eigenvalue weighted by atomic mass is 35.5. The number of hydrogen-bond donors (Lipinski definition) is 1. The minimum atomic E-state index is -3.93. The zero-order valence-electron chi connectivity index (χ0n) is 14.5. The molecule has 1 heterocycles. The standard InChI is InChI=1S/C17H18ClN3O4S.ClH/c1-12-6-7-13(21(22)23)10-17(12)26(24,25)20-9-8-19-11-16(20)14-4-2-3-5-15(14)18;/h2-7,10,16,19H,8-9,11H2,1H3;1H. The minimum Gasteiger partial charge on any atom is -0.313 e. The van der Waals surface area contributed by atoms with Crippen LogP contribution in [0.4, 0.5) is 5.69 Å². The van der Waals surface area contributed by atoms with Crippen LogP contribution in [0, 0.1) is 17.0 Å². The molecule has 0 aromatic heterocycles. The van der Waals surface area contributed by atoms with E-state index in [-0.39, 0.29) is 29.5 Å². The molecule has 1 aliphatic rings. The maximum absolute atomic E-state index is 13.3. The maximum atomic E-state index is 13.3. The predicted octanol–water partition coefficient (Wildman–Crippen LogP) is 3.31. The fraction of sp³-hybridized carbons (Fsp3) is 0.294. The molecule has 3 rings (SSSR count). The highest BCUT2D eigenvalue weighted by molar-refractivity contribution is 7.89. The Morgan fingerprint density at radius 1 is 1.26 bits per heavy atom. The van der Waals surface area contributed by atoms with Gasteiger partial charge in [0.1, 0.15) is 0 Å². The van der Waals surface area contributed by atoms with Crippen LogP contribution in [-0.2, 0) is 10.0 Å². The second-order valence-electron chi connectivity index (χ2n) is 6.06. The molecular formula is C17H19Cl2N3O4S. The number of nitrogens with zero attached hydrogens (tertiary/aromatic N) is 2. The van der Waals surface area contributed by atoms with E-state index in [0.717, 1.165) is 6.07 Å². The molecule has 146 valence electrons. The number of nitro benzene ring substituents is 1. The van der Waals surface area contributed by atoms with Gasteiger partial charge in [-0.2, -0.15) is 4.31 Å². The lowest BCUT2D eigenvalue weighted by Crippen LogP contribution is -2.48. The van der Waals surface area contributed by atoms with E-state index < -0.39 is 21.0 Å². The summed E-state index contributed by atoms with van der Waals surface area (Å²) in [5.41, 5.74) is 0.915. The van der Waals surface area contributed by atoms with Gasteiger partial charge in [0.15, 0.2) is 0 Å². The second-order valence-corrected chi connectivity index (χ2v) is 8.33. The number of nitrogens with one attached hydrogen (secondary N) is 1. The Kier molecular flexibility index (Phi) is 6.82. The van der Waals surface area contributed by atoms with Crippen LogP contribution in [0.25, 0.3) is 0 Å². The highest BCUT2D eigenvalue weighted by Gasteiger charge is 2.36. The van der Waals surface area contributed by atoms with Gasteiger partial charge >= 0.3 is 0 Å². The van der Waals surface area contributed by atoms with Gasteiger partial charge in [-0.3, -0.25) is 10.1 Å². The summed E-state index contributed by atoms with van der Waals surface area (Å²) in [4.78, 5) is 10.4. The Labute approximate surface area is 168 Å². The average molecular weight is 432 g/mol. The lowest BCUT2D eigenvalue weighted by atomic mass is 10.1. The van der Waals surface area contributed by atoms with E-state index in [4.69, 9.17) is 11.6 Å². The summed E-state index contributed by atoms with van der Waals surface area (Å²) in [5, 5.41) is 14.7. The molecule has 1 atom stereocenters. The van der Waals surface area contributed by atoms with Crippen molar-refractivity contribution in [1.29, 1.82) is 0 Å². The summed E-state index contributed by atoms with van der Waals surface area (Å²) in [5.74, 6) is 0. The van der Waals surface area contributed by atoms with Crippen molar-refractivity contribution in [3.05, 3.63) is 68.7 Å². The first-order valence-electron chi connectivity index (χ1n) is 8.04. The normalized spacial score (nSPS) is 17.9. The topological polar surface area (TPSA) is 92.5 Å². The smallest absolute Gasteiger partial charge is 0.270 e. The van der Waals surface area contributed by atoms with Crippen LogP contribution in [0.5, 0.6) is 0 Å². The van der Waals surface area contributed by atoms with E-state index in [1.54, 1.807) is 31.2 Å². The fourth-order valence-corrected chi connectivity index (χ4v) is 5.20. The fourth-order valence-electron chi connectivity index (χ4n) is 3.09. The Balaban J connectivity index is 0.00000261. The number of hydrogen-bond acceptors (Lipinski definition) is 5. The SMILES string of the molecule is Cc1ccc([N+](=O)[O-])cc1S(=O)(=O)N1CCNCC1c1ccccc1Cl.Cl. The largest absolute Gasteiger partial charge is 0.313 e. The van der Waals surface area contributed by atoms with Gasteiger partial charge < -0.3 is 5.32 Å². The van der Waals surface area contributed by atoms with Crippen molar-refractivity contribution in [2.45, 2.75) is 17.9 Å². The molecule has 1 saturated heterocycles. The van der Waals surface area contributed by atoms with Gasteiger partial charge in [0, 0.05) is 36.8 Å². The summed E-state index contributed by atoms with van der Waals surface area (Å²) >= 11 is 6.28. The van der Waals surface area contributed by atoms with Crippen LogP contribution < -0.4 is 5.32 Å². The van der Waals surface area contributed by atoms with E-state index in [1.807, 2.05) is 0 Å². The van der Waals surface area contributed by atoms with Crippen LogP contribution in [0.15, 0.2) is 47.4 Å². The van der Waals surface area contributed by atoms with Gasteiger partial charge in [0.25, 0.3) is 5.69 Å². The molecule has 0 aliphatic carbocycles. The molecule has 0 spiro atoms. The van der Waals surface area contributed by atoms with Crippen LogP contribution in [0.2, 0.25) is 5.02 Å². The van der Waals surface area contributed by atoms with Gasteiger partial charge in [-0.05, 0) is 24.1 Å². The number of non-ortho nitro benzene ring substituents is 1. The molecular weight excluding hydrogens is 413 g/mol. The Hall–Kier alpha value is -1.71. The average Bonchev–Trinajstić information content (AvgIpc) is 2.62. The summed E-state index contributed by atoms with van der Waals surface area (Å²) in [6.07, 6.45) is 0. The van der Waals surface area contributed by atoms with Crippen molar-refractivity contribution < 1.29 is 13.3 Å². The number of piperazine rings is 1. The van der Waals surface area contributed by atoms with Crippen LogP contribution >= 0.6 is 24.0 Å². The number of halogens is 2. The molecule has 0 saturated carbocycles. The summed E-state index contributed by atoms with van der Waals surface area (Å²) in [6, 6.07) is 10.5. The van der Waals surface area contributed by atoms with E-state index >= 15 is 0 Å². The van der Waals surface area contributed by atoms with E-state index in [2.05, 4.69) is 5.32 Å². The Morgan fingerprint density at radius 3 is 2.63 bits per heavy atom. The number of sulfonamides is 1. The molecule has 1 unspecified atom stereocenters. The zero-order valence-corrected chi connectivity index (χ0v) is 16.9. The maximum Gasteiger partial charge on any atom is 0.270 e.